The Labute approximate surface area is 198 Å². The molecule has 176 valence electrons. The second-order valence-electron chi connectivity index (χ2n) is 9.24. The summed E-state index contributed by atoms with van der Waals surface area (Å²) in [6, 6.07) is 16.1. The van der Waals surface area contributed by atoms with E-state index in [0.717, 1.165) is 24.0 Å². The van der Waals surface area contributed by atoms with E-state index in [4.69, 9.17) is 9.84 Å². The lowest BCUT2D eigenvalue weighted by atomic mass is 9.98. The first-order chi connectivity index (χ1) is 16.5. The number of alkyl carbamates (subject to hydrolysis) is 1. The van der Waals surface area contributed by atoms with E-state index in [0.29, 0.717) is 25.1 Å². The Kier molecular flexibility index (Phi) is 6.09. The SMILES string of the molecule is O=C(NC(CC(=O)N1CC=C(C(=O)O)CC1)C1CC1)OCC1c2ccccc2-c2ccccc21. The highest BCUT2D eigenvalue weighted by molar-refractivity contribution is 5.87. The maximum Gasteiger partial charge on any atom is 0.407 e. The minimum Gasteiger partial charge on any atom is -0.478 e. The Morgan fingerprint density at radius 2 is 1.68 bits per heavy atom. The number of fused-ring (bicyclic) bond motifs is 3. The van der Waals surface area contributed by atoms with Crippen LogP contribution in [0.25, 0.3) is 11.1 Å². The van der Waals surface area contributed by atoms with E-state index in [1.54, 1.807) is 11.0 Å². The predicted molar refractivity (Wildman–Crippen MR) is 126 cm³/mol. The van der Waals surface area contributed by atoms with Gasteiger partial charge >= 0.3 is 12.1 Å². The quantitative estimate of drug-likeness (QED) is 0.653. The maximum atomic E-state index is 12.8. The van der Waals surface area contributed by atoms with Gasteiger partial charge in [-0.25, -0.2) is 9.59 Å². The zero-order valence-corrected chi connectivity index (χ0v) is 18.9. The normalized spacial score (nSPS) is 17.9. The number of carboxylic acids is 1. The van der Waals surface area contributed by atoms with Crippen molar-refractivity contribution in [2.24, 2.45) is 5.92 Å². The van der Waals surface area contributed by atoms with E-state index in [9.17, 15) is 14.4 Å². The number of hydrogen-bond donors (Lipinski definition) is 2. The van der Waals surface area contributed by atoms with Gasteiger partial charge < -0.3 is 20.1 Å². The molecule has 1 saturated carbocycles. The minimum absolute atomic E-state index is 0.0114. The third-order valence-electron chi connectivity index (χ3n) is 7.07. The number of hydrogen-bond acceptors (Lipinski definition) is 4. The summed E-state index contributed by atoms with van der Waals surface area (Å²) in [5, 5.41) is 12.0. The molecule has 2 aromatic rings. The number of rotatable bonds is 7. The van der Waals surface area contributed by atoms with Gasteiger partial charge in [0, 0.05) is 37.0 Å². The lowest BCUT2D eigenvalue weighted by Gasteiger charge is -2.27. The Morgan fingerprint density at radius 1 is 1.03 bits per heavy atom. The number of carbonyl (C=O) groups is 3. The summed E-state index contributed by atoms with van der Waals surface area (Å²) in [5.74, 6) is -0.738. The van der Waals surface area contributed by atoms with Gasteiger partial charge in [-0.15, -0.1) is 0 Å². The Balaban J connectivity index is 1.19. The summed E-state index contributed by atoms with van der Waals surface area (Å²) >= 11 is 0. The number of nitrogens with one attached hydrogen (secondary N) is 1. The molecular formula is C27H28N2O5. The van der Waals surface area contributed by atoms with E-state index in [1.165, 1.54) is 11.1 Å². The van der Waals surface area contributed by atoms with Gasteiger partial charge in [0.05, 0.1) is 0 Å². The summed E-state index contributed by atoms with van der Waals surface area (Å²) in [4.78, 5) is 38.2. The number of amides is 2. The molecule has 0 radical (unpaired) electrons. The average molecular weight is 461 g/mol. The molecule has 1 unspecified atom stereocenters. The molecule has 2 aliphatic carbocycles. The molecule has 2 aromatic carbocycles. The highest BCUT2D eigenvalue weighted by atomic mass is 16.5. The monoisotopic (exact) mass is 460 g/mol. The zero-order chi connectivity index (χ0) is 23.7. The molecular weight excluding hydrogens is 432 g/mol. The molecule has 1 heterocycles. The summed E-state index contributed by atoms with van der Waals surface area (Å²) in [7, 11) is 0. The number of carboxylic acid groups (broad SMARTS) is 1. The van der Waals surface area contributed by atoms with Gasteiger partial charge in [-0.05, 0) is 47.4 Å². The molecule has 0 bridgehead atoms. The van der Waals surface area contributed by atoms with Crippen LogP contribution < -0.4 is 5.32 Å². The van der Waals surface area contributed by atoms with Crippen LogP contribution in [0.15, 0.2) is 60.2 Å². The van der Waals surface area contributed by atoms with Gasteiger partial charge in [-0.1, -0.05) is 54.6 Å². The summed E-state index contributed by atoms with van der Waals surface area (Å²) in [6.07, 6.45) is 3.59. The van der Waals surface area contributed by atoms with Crippen molar-refractivity contribution in [2.45, 2.75) is 37.6 Å². The molecule has 3 aliphatic rings. The number of nitrogens with zero attached hydrogens (tertiary/aromatic N) is 1. The predicted octanol–water partition coefficient (Wildman–Crippen LogP) is 3.94. The molecule has 2 amide bonds. The largest absolute Gasteiger partial charge is 0.478 e. The molecule has 2 N–H and O–H groups in total. The van der Waals surface area contributed by atoms with Gasteiger partial charge in [0.15, 0.2) is 0 Å². The molecule has 0 saturated heterocycles. The molecule has 7 heteroatoms. The van der Waals surface area contributed by atoms with Crippen molar-refractivity contribution in [1.29, 1.82) is 0 Å². The molecule has 7 nitrogen and oxygen atoms in total. The average Bonchev–Trinajstić information content (AvgIpc) is 3.65. The van der Waals surface area contributed by atoms with Crippen molar-refractivity contribution < 1.29 is 24.2 Å². The van der Waals surface area contributed by atoms with Gasteiger partial charge in [0.25, 0.3) is 0 Å². The topological polar surface area (TPSA) is 95.9 Å². The Bertz CT molecular complexity index is 1110. The summed E-state index contributed by atoms with van der Waals surface area (Å²) in [6.45, 7) is 0.919. The van der Waals surface area contributed by atoms with E-state index in [2.05, 4.69) is 29.6 Å². The van der Waals surface area contributed by atoms with Crippen LogP contribution in [-0.2, 0) is 14.3 Å². The number of ether oxygens (including phenoxy) is 1. The van der Waals surface area contributed by atoms with Crippen LogP contribution >= 0.6 is 0 Å². The van der Waals surface area contributed by atoms with Crippen molar-refractivity contribution in [3.8, 4) is 11.1 Å². The van der Waals surface area contributed by atoms with Crippen LogP contribution in [0, 0.1) is 5.92 Å². The number of aliphatic carboxylic acids is 1. The Morgan fingerprint density at radius 3 is 2.24 bits per heavy atom. The first-order valence-corrected chi connectivity index (χ1v) is 11.8. The maximum absolute atomic E-state index is 12.8. The summed E-state index contributed by atoms with van der Waals surface area (Å²) in [5.41, 5.74) is 5.01. The first-order valence-electron chi connectivity index (χ1n) is 11.8. The smallest absolute Gasteiger partial charge is 0.407 e. The van der Waals surface area contributed by atoms with Crippen molar-refractivity contribution in [3.05, 3.63) is 71.3 Å². The number of benzene rings is 2. The van der Waals surface area contributed by atoms with Crippen LogP contribution in [0.5, 0.6) is 0 Å². The van der Waals surface area contributed by atoms with Crippen LogP contribution in [0.1, 0.15) is 42.7 Å². The second kappa shape index (κ2) is 9.33. The van der Waals surface area contributed by atoms with Crippen LogP contribution in [0.3, 0.4) is 0 Å². The summed E-state index contributed by atoms with van der Waals surface area (Å²) < 4.78 is 5.67. The molecule has 5 rings (SSSR count). The van der Waals surface area contributed by atoms with Crippen molar-refractivity contribution in [1.82, 2.24) is 10.2 Å². The van der Waals surface area contributed by atoms with Gasteiger partial charge in [-0.3, -0.25) is 4.79 Å². The standard InChI is InChI=1S/C27H28N2O5/c30-25(29-13-11-18(12-14-29)26(31)32)15-24(17-9-10-17)28-27(33)34-16-23-21-7-3-1-5-19(21)20-6-2-4-8-22(20)23/h1-8,11,17,23-24H,9-10,12-16H2,(H,28,33)(H,31,32). The van der Waals surface area contributed by atoms with E-state index in [1.807, 2.05) is 24.3 Å². The Hall–Kier alpha value is -3.61. The van der Waals surface area contributed by atoms with Crippen LogP contribution in [-0.4, -0.2) is 53.7 Å². The minimum atomic E-state index is -0.931. The second-order valence-corrected chi connectivity index (χ2v) is 9.24. The molecule has 1 aliphatic heterocycles. The molecule has 1 fully saturated rings. The van der Waals surface area contributed by atoms with E-state index in [-0.39, 0.29) is 36.8 Å². The van der Waals surface area contributed by atoms with Crippen LogP contribution in [0.2, 0.25) is 0 Å². The van der Waals surface area contributed by atoms with Gasteiger partial charge in [0.1, 0.15) is 6.61 Å². The van der Waals surface area contributed by atoms with E-state index < -0.39 is 12.1 Å². The van der Waals surface area contributed by atoms with Crippen LogP contribution in [0.4, 0.5) is 4.79 Å². The third kappa shape index (κ3) is 4.55. The van der Waals surface area contributed by atoms with Crippen molar-refractivity contribution in [3.63, 3.8) is 0 Å². The first kappa shape index (κ1) is 22.2. The van der Waals surface area contributed by atoms with Crippen molar-refractivity contribution in [2.75, 3.05) is 19.7 Å². The van der Waals surface area contributed by atoms with Gasteiger partial charge in [0.2, 0.25) is 5.91 Å². The fourth-order valence-electron chi connectivity index (χ4n) is 5.03. The highest BCUT2D eigenvalue weighted by Gasteiger charge is 2.36. The lowest BCUT2D eigenvalue weighted by Crippen LogP contribution is -2.43. The molecule has 0 aromatic heterocycles. The van der Waals surface area contributed by atoms with Crippen molar-refractivity contribution >= 4 is 18.0 Å². The molecule has 1 atom stereocenters. The fraction of sp³-hybridized carbons (Fsp3) is 0.370. The number of carbonyl (C=O) groups excluding carboxylic acids is 2. The van der Waals surface area contributed by atoms with Gasteiger partial charge in [-0.2, -0.15) is 0 Å². The lowest BCUT2D eigenvalue weighted by molar-refractivity contribution is -0.135. The molecule has 0 spiro atoms. The zero-order valence-electron chi connectivity index (χ0n) is 18.9. The highest BCUT2D eigenvalue weighted by Crippen LogP contribution is 2.44. The fourth-order valence-corrected chi connectivity index (χ4v) is 5.03. The van der Waals surface area contributed by atoms with E-state index >= 15 is 0 Å². The third-order valence-corrected chi connectivity index (χ3v) is 7.07. The molecule has 34 heavy (non-hydrogen) atoms.